The highest BCUT2D eigenvalue weighted by Gasteiger charge is 2.46. The first-order chi connectivity index (χ1) is 16.1. The minimum atomic E-state index is -0.826. The van der Waals surface area contributed by atoms with Gasteiger partial charge in [-0.2, -0.15) is 0 Å². The molecule has 7 heteroatoms. The Morgan fingerprint density at radius 2 is 1.82 bits per heavy atom. The summed E-state index contributed by atoms with van der Waals surface area (Å²) in [6.45, 7) is 8.19. The first kappa shape index (κ1) is 22.1. The molecule has 3 heterocycles. The van der Waals surface area contributed by atoms with Crippen molar-refractivity contribution < 1.29 is 19.1 Å². The molecule has 1 amide bonds. The van der Waals surface area contributed by atoms with Crippen molar-refractivity contribution in [2.75, 3.05) is 4.90 Å². The number of hydrogen-bond donors (Lipinski definition) is 1. The molecular formula is C27H24N2O4S. The Morgan fingerprint density at radius 1 is 1.12 bits per heavy atom. The SMILES string of the molecule is Cc1csc(N2C(=O)C(O)=C(C(=O)c3cc4ccccc4o3)C2c2ccc(C(C)(C)C)cc2)n1. The minimum Gasteiger partial charge on any atom is -0.503 e. The first-order valence-corrected chi connectivity index (χ1v) is 11.9. The lowest BCUT2D eigenvalue weighted by molar-refractivity contribution is -0.117. The molecule has 0 saturated carbocycles. The summed E-state index contributed by atoms with van der Waals surface area (Å²) in [5.74, 6) is -1.69. The van der Waals surface area contributed by atoms with Crippen LogP contribution in [-0.4, -0.2) is 21.8 Å². The van der Waals surface area contributed by atoms with Crippen LogP contribution in [0.15, 0.2) is 75.7 Å². The summed E-state index contributed by atoms with van der Waals surface area (Å²) < 4.78 is 5.78. The van der Waals surface area contributed by atoms with Crippen molar-refractivity contribution in [1.29, 1.82) is 0 Å². The van der Waals surface area contributed by atoms with Crippen molar-refractivity contribution >= 4 is 39.1 Å². The largest absolute Gasteiger partial charge is 0.503 e. The lowest BCUT2D eigenvalue weighted by Crippen LogP contribution is -2.31. The number of rotatable bonds is 4. The number of Topliss-reactive ketones (excluding diaryl/α,β-unsaturated/α-hetero) is 1. The minimum absolute atomic E-state index is 0.0135. The maximum Gasteiger partial charge on any atom is 0.296 e. The third-order valence-electron chi connectivity index (χ3n) is 6.01. The average molecular weight is 473 g/mol. The molecule has 0 aliphatic carbocycles. The van der Waals surface area contributed by atoms with Gasteiger partial charge in [0.05, 0.1) is 17.3 Å². The van der Waals surface area contributed by atoms with E-state index in [4.69, 9.17) is 4.42 Å². The fourth-order valence-corrected chi connectivity index (χ4v) is 5.02. The predicted octanol–water partition coefficient (Wildman–Crippen LogP) is 6.28. The van der Waals surface area contributed by atoms with Crippen LogP contribution in [0.2, 0.25) is 0 Å². The molecule has 0 spiro atoms. The van der Waals surface area contributed by atoms with Gasteiger partial charge in [0.2, 0.25) is 5.78 Å². The molecule has 6 nitrogen and oxygen atoms in total. The maximum absolute atomic E-state index is 13.7. The number of aromatic nitrogens is 1. The summed E-state index contributed by atoms with van der Waals surface area (Å²) in [5, 5.41) is 13.9. The number of carbonyl (C=O) groups excluding carboxylic acids is 2. The van der Waals surface area contributed by atoms with Gasteiger partial charge >= 0.3 is 0 Å². The van der Waals surface area contributed by atoms with Crippen LogP contribution < -0.4 is 4.90 Å². The Kier molecular flexibility index (Phi) is 5.17. The van der Waals surface area contributed by atoms with Crippen LogP contribution in [0.1, 0.15) is 54.2 Å². The lowest BCUT2D eigenvalue weighted by atomic mass is 9.85. The second-order valence-corrected chi connectivity index (χ2v) is 10.3. The van der Waals surface area contributed by atoms with Gasteiger partial charge in [0.1, 0.15) is 5.58 Å². The fraction of sp³-hybridized carbons (Fsp3) is 0.222. The topological polar surface area (TPSA) is 83.6 Å². The Morgan fingerprint density at radius 3 is 2.44 bits per heavy atom. The van der Waals surface area contributed by atoms with Gasteiger partial charge in [0, 0.05) is 10.8 Å². The molecule has 2 aromatic carbocycles. The molecule has 1 N–H and O–H groups in total. The van der Waals surface area contributed by atoms with Gasteiger partial charge in [-0.15, -0.1) is 11.3 Å². The van der Waals surface area contributed by atoms with Gasteiger partial charge in [-0.25, -0.2) is 4.98 Å². The molecule has 34 heavy (non-hydrogen) atoms. The van der Waals surface area contributed by atoms with E-state index in [1.807, 2.05) is 54.8 Å². The lowest BCUT2D eigenvalue weighted by Gasteiger charge is -2.25. The third-order valence-corrected chi connectivity index (χ3v) is 6.97. The van der Waals surface area contributed by atoms with Crippen LogP contribution in [-0.2, 0) is 10.2 Å². The van der Waals surface area contributed by atoms with Crippen LogP contribution in [0.3, 0.4) is 0 Å². The number of benzene rings is 2. The van der Waals surface area contributed by atoms with Gasteiger partial charge < -0.3 is 9.52 Å². The molecule has 4 aromatic rings. The van der Waals surface area contributed by atoms with E-state index < -0.39 is 23.5 Å². The maximum atomic E-state index is 13.7. The zero-order chi connectivity index (χ0) is 24.2. The number of nitrogens with zero attached hydrogens (tertiary/aromatic N) is 2. The van der Waals surface area contributed by atoms with Gasteiger partial charge in [-0.1, -0.05) is 63.2 Å². The van der Waals surface area contributed by atoms with Crippen molar-refractivity contribution in [1.82, 2.24) is 4.98 Å². The molecule has 1 aliphatic rings. The van der Waals surface area contributed by atoms with Gasteiger partial charge in [0.15, 0.2) is 16.7 Å². The van der Waals surface area contributed by atoms with Crippen molar-refractivity contribution in [2.24, 2.45) is 0 Å². The summed E-state index contributed by atoms with van der Waals surface area (Å²) in [6.07, 6.45) is 0. The number of para-hydroxylation sites is 1. The summed E-state index contributed by atoms with van der Waals surface area (Å²) in [7, 11) is 0. The number of fused-ring (bicyclic) bond motifs is 1. The zero-order valence-corrected chi connectivity index (χ0v) is 20.1. The number of hydrogen-bond acceptors (Lipinski definition) is 6. The molecule has 5 rings (SSSR count). The van der Waals surface area contributed by atoms with Crippen molar-refractivity contribution in [2.45, 2.75) is 39.2 Å². The smallest absolute Gasteiger partial charge is 0.296 e. The summed E-state index contributed by atoms with van der Waals surface area (Å²) in [5.41, 5.74) is 3.08. The number of aliphatic hydroxyl groups excluding tert-OH is 1. The van der Waals surface area contributed by atoms with Crippen LogP contribution in [0.5, 0.6) is 0 Å². The number of furan rings is 1. The van der Waals surface area contributed by atoms with Gasteiger partial charge in [-0.3, -0.25) is 14.5 Å². The Balaban J connectivity index is 1.64. The second-order valence-electron chi connectivity index (χ2n) is 9.46. The molecular weight excluding hydrogens is 448 g/mol. The summed E-state index contributed by atoms with van der Waals surface area (Å²) in [4.78, 5) is 32.8. The van der Waals surface area contributed by atoms with Crippen molar-refractivity contribution in [3.05, 3.63) is 93.9 Å². The van der Waals surface area contributed by atoms with E-state index in [-0.39, 0.29) is 16.7 Å². The third kappa shape index (κ3) is 3.62. The normalized spacial score (nSPS) is 16.6. The van der Waals surface area contributed by atoms with E-state index >= 15 is 0 Å². The molecule has 172 valence electrons. The van der Waals surface area contributed by atoms with Crippen LogP contribution in [0, 0.1) is 6.92 Å². The van der Waals surface area contributed by atoms with Crippen LogP contribution >= 0.6 is 11.3 Å². The quantitative estimate of drug-likeness (QED) is 0.354. The Bertz CT molecular complexity index is 1420. The highest BCUT2D eigenvalue weighted by atomic mass is 32.1. The first-order valence-electron chi connectivity index (χ1n) is 11.0. The Hall–Kier alpha value is -3.71. The van der Waals surface area contributed by atoms with E-state index in [2.05, 4.69) is 25.8 Å². The Labute approximate surface area is 201 Å². The number of thiazole rings is 1. The fourth-order valence-electron chi connectivity index (χ4n) is 4.19. The predicted molar refractivity (Wildman–Crippen MR) is 132 cm³/mol. The summed E-state index contributed by atoms with van der Waals surface area (Å²) in [6, 6.07) is 15.9. The van der Waals surface area contributed by atoms with E-state index in [0.717, 1.165) is 16.6 Å². The van der Waals surface area contributed by atoms with Gasteiger partial charge in [-0.05, 0) is 35.6 Å². The molecule has 0 bridgehead atoms. The van der Waals surface area contributed by atoms with E-state index in [9.17, 15) is 14.7 Å². The van der Waals surface area contributed by atoms with E-state index in [0.29, 0.717) is 16.3 Å². The number of amides is 1. The molecule has 0 fully saturated rings. The molecule has 1 unspecified atom stereocenters. The monoisotopic (exact) mass is 472 g/mol. The van der Waals surface area contributed by atoms with Crippen molar-refractivity contribution in [3.8, 4) is 0 Å². The highest BCUT2D eigenvalue weighted by Crippen LogP contribution is 2.43. The number of ketones is 1. The number of aliphatic hydroxyl groups is 1. The highest BCUT2D eigenvalue weighted by molar-refractivity contribution is 7.14. The molecule has 0 saturated heterocycles. The summed E-state index contributed by atoms with van der Waals surface area (Å²) >= 11 is 1.29. The van der Waals surface area contributed by atoms with Crippen LogP contribution in [0.4, 0.5) is 5.13 Å². The van der Waals surface area contributed by atoms with E-state index in [1.54, 1.807) is 12.1 Å². The van der Waals surface area contributed by atoms with Crippen LogP contribution in [0.25, 0.3) is 11.0 Å². The van der Waals surface area contributed by atoms with E-state index in [1.165, 1.54) is 16.2 Å². The molecule has 1 atom stereocenters. The van der Waals surface area contributed by atoms with Gasteiger partial charge in [0.25, 0.3) is 5.91 Å². The second kappa shape index (κ2) is 7.95. The average Bonchev–Trinajstić information content (AvgIpc) is 3.49. The molecule has 1 aliphatic heterocycles. The number of aryl methyl sites for hydroxylation is 1. The number of carbonyl (C=O) groups is 2. The molecule has 0 radical (unpaired) electrons. The zero-order valence-electron chi connectivity index (χ0n) is 19.3. The standard InChI is InChI=1S/C27H24N2O4S/c1-15-14-34-26(28-15)29-22(16-9-11-18(12-10-16)27(2,3)4)21(24(31)25(29)32)23(30)20-13-17-7-5-6-8-19(17)33-20/h5-14,22,31H,1-4H3. The van der Waals surface area contributed by atoms with Crippen molar-refractivity contribution in [3.63, 3.8) is 0 Å². The number of anilines is 1. The molecule has 2 aromatic heterocycles.